The number of hydrogen-bond acceptors (Lipinski definition) is 12. The predicted octanol–water partition coefficient (Wildman–Crippen LogP) is 3.44. The Morgan fingerprint density at radius 2 is 1.80 bits per heavy atom. The molecule has 0 spiro atoms. The molecule has 3 aromatic rings. The molecule has 0 saturated carbocycles. The van der Waals surface area contributed by atoms with Gasteiger partial charge in [0.05, 0.1) is 12.0 Å². The van der Waals surface area contributed by atoms with Crippen LogP contribution in [0.25, 0.3) is 0 Å². The summed E-state index contributed by atoms with van der Waals surface area (Å²) >= 11 is -0.857. The van der Waals surface area contributed by atoms with E-state index < -0.39 is 33.0 Å². The third kappa shape index (κ3) is 8.35. The number of piperazine rings is 2. The molecule has 13 nitrogen and oxygen atoms in total. The molecule has 2 fully saturated rings. The fourth-order valence-electron chi connectivity index (χ4n) is 5.55. The fourth-order valence-corrected chi connectivity index (χ4v) is 9.00. The Bertz CT molecular complexity index is 1590. The van der Waals surface area contributed by atoms with E-state index in [1.54, 1.807) is 6.26 Å². The Morgan fingerprint density at radius 1 is 1.13 bits per heavy atom. The molecule has 0 aliphatic carbocycles. The maximum Gasteiger partial charge on any atom is 0.256 e. The minimum atomic E-state index is -3.87. The molecule has 250 valence electrons. The second-order valence-corrected chi connectivity index (χ2v) is 17.0. The summed E-state index contributed by atoms with van der Waals surface area (Å²) in [5.41, 5.74) is 1.16. The standard InChI is InChI=1S/C29H46N8O5S3/c1-29(2,3)25(23-18-21(19-42-23)8-6-7-9-36-14-10-34(4)11-15-36)31-27-26(32-44(39)33-27)30-22-20-43-28(24(22)38)45(40,41)37-16-12-35(5)13-17-37/h18-20,25,38H,6-17H2,1-5H3,(H,30,32)(H,31,33)/t25-,44?/m0/s1. The van der Waals surface area contributed by atoms with E-state index in [4.69, 9.17) is 9.41 Å². The number of aromatic hydroxyl groups is 1. The van der Waals surface area contributed by atoms with Crippen molar-refractivity contribution in [3.63, 3.8) is 0 Å². The number of furan rings is 1. The normalized spacial score (nSPS) is 19.8. The van der Waals surface area contributed by atoms with Crippen LogP contribution in [0.15, 0.2) is 31.3 Å². The van der Waals surface area contributed by atoms with Gasteiger partial charge in [0.2, 0.25) is 11.3 Å². The van der Waals surface area contributed by atoms with Gasteiger partial charge in [-0.25, -0.2) is 13.4 Å². The van der Waals surface area contributed by atoms with Crippen molar-refractivity contribution in [1.29, 1.82) is 0 Å². The van der Waals surface area contributed by atoms with Crippen molar-refractivity contribution in [2.75, 3.05) is 78.3 Å². The van der Waals surface area contributed by atoms with Crippen molar-refractivity contribution in [3.8, 4) is 5.75 Å². The first kappa shape index (κ1) is 34.0. The largest absolute Gasteiger partial charge is 0.548 e. The van der Waals surface area contributed by atoms with Gasteiger partial charge < -0.3 is 34.1 Å². The summed E-state index contributed by atoms with van der Waals surface area (Å²) in [7, 11) is 0.247. The highest BCUT2D eigenvalue weighted by Crippen LogP contribution is 2.41. The van der Waals surface area contributed by atoms with Gasteiger partial charge in [0.1, 0.15) is 11.8 Å². The molecule has 1 unspecified atom stereocenters. The number of hydrogen-bond donors (Lipinski definition) is 3. The molecule has 16 heteroatoms. The van der Waals surface area contributed by atoms with Gasteiger partial charge in [0.25, 0.3) is 10.0 Å². The number of aryl methyl sites for hydroxylation is 1. The highest BCUT2D eigenvalue weighted by atomic mass is 32.2. The smallest absolute Gasteiger partial charge is 0.256 e. The van der Waals surface area contributed by atoms with Gasteiger partial charge >= 0.3 is 0 Å². The summed E-state index contributed by atoms with van der Waals surface area (Å²) in [4.78, 5) is 11.9. The quantitative estimate of drug-likeness (QED) is 0.202. The lowest BCUT2D eigenvalue weighted by molar-refractivity contribution is 0.152. The average Bonchev–Trinajstić information content (AvgIpc) is 3.69. The summed E-state index contributed by atoms with van der Waals surface area (Å²) in [6, 6.07) is 1.62. The third-order valence-corrected chi connectivity index (χ3v) is 12.5. The minimum Gasteiger partial charge on any atom is -0.548 e. The van der Waals surface area contributed by atoms with Crippen LogP contribution in [0, 0.1) is 5.41 Å². The van der Waals surface area contributed by atoms with Crippen LogP contribution in [-0.4, -0.2) is 119 Å². The van der Waals surface area contributed by atoms with E-state index in [0.717, 1.165) is 68.9 Å². The number of aromatic nitrogens is 2. The van der Waals surface area contributed by atoms with Crippen LogP contribution in [-0.2, 0) is 16.4 Å². The molecule has 5 rings (SSSR count). The van der Waals surface area contributed by atoms with Crippen LogP contribution < -0.4 is 10.8 Å². The van der Waals surface area contributed by atoms with Crippen molar-refractivity contribution in [3.05, 3.63) is 34.5 Å². The number of rotatable bonds is 11. The van der Waals surface area contributed by atoms with Crippen LogP contribution in [0.2, 0.25) is 0 Å². The number of unbranched alkanes of at least 4 members (excludes halogenated alkanes) is 1. The number of likely N-dealkylation sites (N-methyl/N-ethyl adjacent to an activating group) is 2. The Kier molecular flexibility index (Phi) is 10.7. The summed E-state index contributed by atoms with van der Waals surface area (Å²) in [5.74, 6) is 0.450. The molecular formula is C29H46N8O5S3. The molecule has 2 atom stereocenters. The number of thiophene rings is 1. The van der Waals surface area contributed by atoms with Crippen LogP contribution in [0.5, 0.6) is 5.75 Å². The zero-order valence-electron chi connectivity index (χ0n) is 26.8. The second-order valence-electron chi connectivity index (χ2n) is 13.1. The minimum absolute atomic E-state index is 0.139. The van der Waals surface area contributed by atoms with E-state index in [2.05, 4.69) is 56.6 Å². The van der Waals surface area contributed by atoms with Gasteiger partial charge in [-0.1, -0.05) is 20.8 Å². The fraction of sp³-hybridized carbons (Fsp3) is 0.655. The maximum atomic E-state index is 13.3. The molecule has 0 bridgehead atoms. The van der Waals surface area contributed by atoms with E-state index in [9.17, 15) is 18.1 Å². The highest BCUT2D eigenvalue weighted by Gasteiger charge is 2.33. The van der Waals surface area contributed by atoms with Gasteiger partial charge in [-0.2, -0.15) is 4.31 Å². The van der Waals surface area contributed by atoms with E-state index in [1.807, 2.05) is 13.1 Å². The lowest BCUT2D eigenvalue weighted by Crippen LogP contribution is -2.46. The van der Waals surface area contributed by atoms with Crippen molar-refractivity contribution in [2.24, 2.45) is 10.4 Å². The Hall–Kier alpha value is -2.31. The number of H-pyrrole nitrogens is 1. The van der Waals surface area contributed by atoms with E-state index >= 15 is 0 Å². The topological polar surface area (TPSA) is 157 Å². The van der Waals surface area contributed by atoms with Crippen molar-refractivity contribution >= 4 is 44.0 Å². The average molecular weight is 683 g/mol. The molecule has 45 heavy (non-hydrogen) atoms. The van der Waals surface area contributed by atoms with Gasteiger partial charge in [-0.05, 0) is 56.9 Å². The van der Waals surface area contributed by atoms with Gasteiger partial charge in [0, 0.05) is 62.1 Å². The van der Waals surface area contributed by atoms with Crippen molar-refractivity contribution < 1.29 is 22.5 Å². The lowest BCUT2D eigenvalue weighted by Gasteiger charge is -2.32. The number of sulfonamides is 1. The molecule has 2 aliphatic heterocycles. The van der Waals surface area contributed by atoms with Crippen LogP contribution >= 0.6 is 22.5 Å². The zero-order valence-corrected chi connectivity index (χ0v) is 29.2. The van der Waals surface area contributed by atoms with E-state index in [1.165, 1.54) is 9.69 Å². The number of nitrogens with zero attached hydrogens (tertiary/aromatic N) is 6. The summed E-state index contributed by atoms with van der Waals surface area (Å²) in [6.45, 7) is 13.7. The van der Waals surface area contributed by atoms with Gasteiger partial charge in [0.15, 0.2) is 21.1 Å². The molecule has 2 saturated heterocycles. The van der Waals surface area contributed by atoms with Crippen LogP contribution in [0.4, 0.5) is 11.5 Å². The zero-order chi connectivity index (χ0) is 32.4. The van der Waals surface area contributed by atoms with Gasteiger partial charge in [-0.15, -0.1) is 15.7 Å². The molecule has 5 heterocycles. The second kappa shape index (κ2) is 14.2. The van der Waals surface area contributed by atoms with Crippen molar-refractivity contribution in [2.45, 2.75) is 50.3 Å². The summed E-state index contributed by atoms with van der Waals surface area (Å²) in [6.07, 6.45) is 4.91. The predicted molar refractivity (Wildman–Crippen MR) is 176 cm³/mol. The number of nitrogens with one attached hydrogen (secondary N) is 2. The molecule has 2 aliphatic rings. The number of anilines is 2. The van der Waals surface area contributed by atoms with Crippen molar-refractivity contribution in [1.82, 2.24) is 27.8 Å². The van der Waals surface area contributed by atoms with Crippen LogP contribution in [0.3, 0.4) is 0 Å². The molecule has 0 amide bonds. The van der Waals surface area contributed by atoms with Gasteiger partial charge in [-0.3, -0.25) is 0 Å². The molecule has 0 aromatic carbocycles. The van der Waals surface area contributed by atoms with E-state index in [-0.39, 0.29) is 26.6 Å². The van der Waals surface area contributed by atoms with E-state index in [0.29, 0.717) is 31.9 Å². The first-order valence-electron chi connectivity index (χ1n) is 15.4. The Labute approximate surface area is 272 Å². The molecule has 3 aromatic heterocycles. The monoisotopic (exact) mass is 682 g/mol. The maximum absolute atomic E-state index is 13.3. The first-order chi connectivity index (χ1) is 21.3. The highest BCUT2D eigenvalue weighted by molar-refractivity contribution is 7.91. The summed E-state index contributed by atoms with van der Waals surface area (Å²) < 4.78 is 53.2. The Morgan fingerprint density at radius 3 is 2.47 bits per heavy atom. The Balaban J connectivity index is 1.29. The SMILES string of the molecule is CN1CCN(CCCCc2coc([C@H](N=c3[nH][s+]([O-])nc3Nc3csc(S(=O)(=O)N4CCN(C)CC4)c3O)C(C)(C)C)c2)CC1. The summed E-state index contributed by atoms with van der Waals surface area (Å²) in [5, 5.41) is 15.4. The number of aromatic amines is 1. The molecular weight excluding hydrogens is 637 g/mol. The molecule has 3 N–H and O–H groups in total. The van der Waals surface area contributed by atoms with Crippen LogP contribution in [0.1, 0.15) is 51.0 Å². The lowest BCUT2D eigenvalue weighted by atomic mass is 9.85. The molecule has 0 radical (unpaired) electrons. The first-order valence-corrected chi connectivity index (χ1v) is 18.8. The third-order valence-electron chi connectivity index (χ3n) is 8.41.